The van der Waals surface area contributed by atoms with Crippen molar-refractivity contribution in [3.05, 3.63) is 46.8 Å². The highest BCUT2D eigenvalue weighted by molar-refractivity contribution is 7.09. The molecule has 0 bridgehead atoms. The van der Waals surface area contributed by atoms with Crippen LogP contribution in [0.3, 0.4) is 0 Å². The van der Waals surface area contributed by atoms with Gasteiger partial charge in [0.25, 0.3) is 0 Å². The van der Waals surface area contributed by atoms with Crippen molar-refractivity contribution in [3.8, 4) is 0 Å². The minimum absolute atomic E-state index is 0.933. The Bertz CT molecular complexity index is 514. The molecule has 6 heteroatoms. The smallest absolute Gasteiger partial charge is 0.128 e. The van der Waals surface area contributed by atoms with Gasteiger partial charge in [-0.2, -0.15) is 0 Å². The quantitative estimate of drug-likeness (QED) is 0.835. The summed E-state index contributed by atoms with van der Waals surface area (Å²) in [5.74, 6) is 1.05. The lowest BCUT2D eigenvalue weighted by Crippen LogP contribution is -2.39. The van der Waals surface area contributed by atoms with E-state index >= 15 is 0 Å². The van der Waals surface area contributed by atoms with Crippen LogP contribution in [0.4, 0.5) is 5.82 Å². The summed E-state index contributed by atoms with van der Waals surface area (Å²) in [6.45, 7) is 7.51. The van der Waals surface area contributed by atoms with Crippen molar-refractivity contribution >= 4 is 17.2 Å². The molecule has 0 aromatic carbocycles. The molecule has 2 N–H and O–H groups in total. The lowest BCUT2D eigenvalue weighted by Gasteiger charge is -2.24. The van der Waals surface area contributed by atoms with E-state index in [2.05, 4.69) is 63.1 Å². The van der Waals surface area contributed by atoms with Crippen molar-refractivity contribution < 1.29 is 0 Å². The van der Waals surface area contributed by atoms with E-state index in [0.717, 1.165) is 51.6 Å². The first-order chi connectivity index (χ1) is 11.8. The Balaban J connectivity index is 0.000000292. The summed E-state index contributed by atoms with van der Waals surface area (Å²) >= 11 is 1.80. The molecule has 0 atom stereocenters. The molecule has 2 aromatic heterocycles. The molecule has 1 saturated heterocycles. The number of rotatable bonds is 6. The number of nitrogens with zero attached hydrogens (tertiary/aromatic N) is 3. The Morgan fingerprint density at radius 2 is 1.75 bits per heavy atom. The van der Waals surface area contributed by atoms with Gasteiger partial charge in [0.05, 0.1) is 6.54 Å². The number of hydrogen-bond donors (Lipinski definition) is 2. The summed E-state index contributed by atoms with van der Waals surface area (Å²) in [6, 6.07) is 10.3. The fourth-order valence-corrected chi connectivity index (χ4v) is 3.05. The SMILES string of the molecule is C1CNCCN1.CN(C)CCN(Cc1cccs1)c1ccccn1. The number of aromatic nitrogens is 1. The number of nitrogens with one attached hydrogen (secondary N) is 2. The molecule has 0 spiro atoms. The largest absolute Gasteiger partial charge is 0.350 e. The van der Waals surface area contributed by atoms with Crippen molar-refractivity contribution in [1.82, 2.24) is 20.5 Å². The van der Waals surface area contributed by atoms with Crippen LogP contribution < -0.4 is 15.5 Å². The second-order valence-corrected chi connectivity index (χ2v) is 7.02. The number of pyridine rings is 1. The Kier molecular flexibility index (Phi) is 8.76. The number of anilines is 1. The number of thiophene rings is 1. The lowest BCUT2D eigenvalue weighted by atomic mass is 10.3. The van der Waals surface area contributed by atoms with E-state index in [1.165, 1.54) is 4.88 Å². The molecule has 1 aliphatic rings. The fraction of sp³-hybridized carbons (Fsp3) is 0.500. The highest BCUT2D eigenvalue weighted by Crippen LogP contribution is 2.17. The van der Waals surface area contributed by atoms with Crippen LogP contribution in [0, 0.1) is 0 Å². The maximum Gasteiger partial charge on any atom is 0.128 e. The standard InChI is InChI=1S/C14H19N3S.C4H10N2/c1-16(2)9-10-17(12-13-6-5-11-18-13)14-7-3-4-8-15-14;1-2-6-4-3-5-1/h3-8,11H,9-10,12H2,1-2H3;5-6H,1-4H2. The van der Waals surface area contributed by atoms with Gasteiger partial charge in [0.2, 0.25) is 0 Å². The first-order valence-corrected chi connectivity index (χ1v) is 9.38. The molecule has 0 saturated carbocycles. The first-order valence-electron chi connectivity index (χ1n) is 8.50. The molecule has 132 valence electrons. The lowest BCUT2D eigenvalue weighted by molar-refractivity contribution is 0.412. The molecule has 5 nitrogen and oxygen atoms in total. The fourth-order valence-electron chi connectivity index (χ4n) is 2.33. The molecular formula is C18H29N5S. The van der Waals surface area contributed by atoms with Crippen LogP contribution in [0.15, 0.2) is 41.9 Å². The van der Waals surface area contributed by atoms with Crippen LogP contribution in [0.2, 0.25) is 0 Å². The van der Waals surface area contributed by atoms with Crippen LogP contribution in [-0.4, -0.2) is 63.2 Å². The summed E-state index contributed by atoms with van der Waals surface area (Å²) in [4.78, 5) is 10.3. The number of likely N-dealkylation sites (N-methyl/N-ethyl adjacent to an activating group) is 1. The monoisotopic (exact) mass is 347 g/mol. The predicted molar refractivity (Wildman–Crippen MR) is 104 cm³/mol. The van der Waals surface area contributed by atoms with Crippen LogP contribution in [0.5, 0.6) is 0 Å². The molecule has 0 radical (unpaired) electrons. The molecule has 1 fully saturated rings. The highest BCUT2D eigenvalue weighted by atomic mass is 32.1. The first kappa shape index (κ1) is 18.9. The minimum atomic E-state index is 0.933. The molecule has 0 unspecified atom stereocenters. The summed E-state index contributed by atoms with van der Waals surface area (Å²) in [7, 11) is 4.20. The van der Waals surface area contributed by atoms with E-state index in [1.54, 1.807) is 11.3 Å². The van der Waals surface area contributed by atoms with E-state index in [0.29, 0.717) is 0 Å². The maximum atomic E-state index is 4.45. The minimum Gasteiger partial charge on any atom is -0.350 e. The summed E-state index contributed by atoms with van der Waals surface area (Å²) in [5, 5.41) is 8.57. The normalized spacial score (nSPS) is 14.1. The maximum absolute atomic E-state index is 4.45. The zero-order valence-corrected chi connectivity index (χ0v) is 15.6. The summed E-state index contributed by atoms with van der Waals surface area (Å²) in [5.41, 5.74) is 0. The van der Waals surface area contributed by atoms with Crippen LogP contribution in [0.25, 0.3) is 0 Å². The topological polar surface area (TPSA) is 43.4 Å². The van der Waals surface area contributed by atoms with Crippen molar-refractivity contribution in [3.63, 3.8) is 0 Å². The van der Waals surface area contributed by atoms with Crippen molar-refractivity contribution in [2.24, 2.45) is 0 Å². The van der Waals surface area contributed by atoms with Gasteiger partial charge in [0, 0.05) is 50.3 Å². The molecule has 1 aliphatic heterocycles. The molecular weight excluding hydrogens is 318 g/mol. The van der Waals surface area contributed by atoms with Crippen LogP contribution in [0.1, 0.15) is 4.88 Å². The average molecular weight is 348 g/mol. The zero-order valence-electron chi connectivity index (χ0n) is 14.7. The van der Waals surface area contributed by atoms with Crippen molar-refractivity contribution in [2.45, 2.75) is 6.54 Å². The third kappa shape index (κ3) is 7.40. The van der Waals surface area contributed by atoms with E-state index in [1.807, 2.05) is 18.3 Å². The van der Waals surface area contributed by atoms with Gasteiger partial charge in [0.15, 0.2) is 0 Å². The van der Waals surface area contributed by atoms with E-state index in [4.69, 9.17) is 0 Å². The highest BCUT2D eigenvalue weighted by Gasteiger charge is 2.09. The van der Waals surface area contributed by atoms with Crippen molar-refractivity contribution in [1.29, 1.82) is 0 Å². The molecule has 24 heavy (non-hydrogen) atoms. The second-order valence-electron chi connectivity index (χ2n) is 5.99. The number of piperazine rings is 1. The third-order valence-electron chi connectivity index (χ3n) is 3.67. The Labute approximate surface area is 149 Å². The Morgan fingerprint density at radius 1 is 1.00 bits per heavy atom. The summed E-state index contributed by atoms with van der Waals surface area (Å²) in [6.07, 6.45) is 1.85. The molecule has 0 amide bonds. The molecule has 3 rings (SSSR count). The molecule has 0 aliphatic carbocycles. The van der Waals surface area contributed by atoms with Crippen LogP contribution >= 0.6 is 11.3 Å². The van der Waals surface area contributed by atoms with Gasteiger partial charge in [-0.1, -0.05) is 12.1 Å². The van der Waals surface area contributed by atoms with Gasteiger partial charge < -0.3 is 20.4 Å². The molecule has 3 heterocycles. The molecule has 2 aromatic rings. The van der Waals surface area contributed by atoms with Gasteiger partial charge in [-0.25, -0.2) is 4.98 Å². The van der Waals surface area contributed by atoms with Crippen LogP contribution in [-0.2, 0) is 6.54 Å². The van der Waals surface area contributed by atoms with E-state index < -0.39 is 0 Å². The van der Waals surface area contributed by atoms with Crippen molar-refractivity contribution in [2.75, 3.05) is 58.3 Å². The van der Waals surface area contributed by atoms with Gasteiger partial charge in [-0.05, 0) is 37.7 Å². The van der Waals surface area contributed by atoms with E-state index in [9.17, 15) is 0 Å². The number of hydrogen-bond acceptors (Lipinski definition) is 6. The average Bonchev–Trinajstić information content (AvgIpc) is 3.14. The Morgan fingerprint density at radius 3 is 2.25 bits per heavy atom. The van der Waals surface area contributed by atoms with Gasteiger partial charge in [0.1, 0.15) is 5.82 Å². The second kappa shape index (κ2) is 11.1. The van der Waals surface area contributed by atoms with Gasteiger partial charge in [-0.15, -0.1) is 11.3 Å². The predicted octanol–water partition coefficient (Wildman–Crippen LogP) is 1.89. The summed E-state index contributed by atoms with van der Waals surface area (Å²) < 4.78 is 0. The zero-order chi connectivity index (χ0) is 17.0. The third-order valence-corrected chi connectivity index (χ3v) is 4.54. The van der Waals surface area contributed by atoms with Gasteiger partial charge >= 0.3 is 0 Å². The van der Waals surface area contributed by atoms with E-state index in [-0.39, 0.29) is 0 Å². The Hall–Kier alpha value is -1.47. The van der Waals surface area contributed by atoms with Gasteiger partial charge in [-0.3, -0.25) is 0 Å².